The number of halogens is 1. The summed E-state index contributed by atoms with van der Waals surface area (Å²) in [7, 11) is 0. The quantitative estimate of drug-likeness (QED) is 0.170. The smallest absolute Gasteiger partial charge is 0.305 e. The van der Waals surface area contributed by atoms with Crippen molar-refractivity contribution in [1.29, 1.82) is 0 Å². The lowest BCUT2D eigenvalue weighted by Crippen LogP contribution is -2.39. The minimum absolute atomic E-state index is 0. The van der Waals surface area contributed by atoms with Gasteiger partial charge in [-0.25, -0.2) is 0 Å². The Balaban J connectivity index is 0.00000576. The Kier molecular flexibility index (Phi) is 15.3. The first-order valence-corrected chi connectivity index (χ1v) is 9.55. The van der Waals surface area contributed by atoms with E-state index in [0.717, 1.165) is 44.4 Å². The highest BCUT2D eigenvalue weighted by Crippen LogP contribution is 2.15. The number of nitrogens with one attached hydrogen (secondary N) is 2. The Morgan fingerprint density at radius 3 is 2.56 bits per heavy atom. The summed E-state index contributed by atoms with van der Waals surface area (Å²) < 4.78 is 4.92. The molecule has 0 amide bonds. The number of hydrogen-bond donors (Lipinski definition) is 2. The van der Waals surface area contributed by atoms with E-state index in [0.29, 0.717) is 19.6 Å². The monoisotopic (exact) mass is 468 g/mol. The summed E-state index contributed by atoms with van der Waals surface area (Å²) in [5.41, 5.74) is 0. The van der Waals surface area contributed by atoms with Crippen LogP contribution in [0.15, 0.2) is 4.99 Å². The Labute approximate surface area is 170 Å². The number of guanidine groups is 1. The number of ether oxygens (including phenoxy) is 1. The summed E-state index contributed by atoms with van der Waals surface area (Å²) in [6, 6.07) is 0. The van der Waals surface area contributed by atoms with E-state index in [9.17, 15) is 4.79 Å². The number of carbonyl (C=O) groups excluding carboxylic acids is 1. The van der Waals surface area contributed by atoms with E-state index in [4.69, 9.17) is 4.74 Å². The normalized spacial score (nSPS) is 16.2. The summed E-state index contributed by atoms with van der Waals surface area (Å²) in [4.78, 5) is 18.4. The van der Waals surface area contributed by atoms with E-state index in [-0.39, 0.29) is 29.9 Å². The molecule has 0 saturated carbocycles. The van der Waals surface area contributed by atoms with Gasteiger partial charge < -0.3 is 20.3 Å². The van der Waals surface area contributed by atoms with Gasteiger partial charge >= 0.3 is 5.97 Å². The van der Waals surface area contributed by atoms with Crippen molar-refractivity contribution in [1.82, 2.24) is 15.5 Å². The van der Waals surface area contributed by atoms with Gasteiger partial charge in [-0.1, -0.05) is 6.92 Å². The van der Waals surface area contributed by atoms with Gasteiger partial charge in [-0.2, -0.15) is 0 Å². The van der Waals surface area contributed by atoms with Gasteiger partial charge in [0.05, 0.1) is 6.61 Å². The largest absolute Gasteiger partial charge is 0.466 e. The van der Waals surface area contributed by atoms with Crippen LogP contribution in [0.1, 0.15) is 52.9 Å². The Morgan fingerprint density at radius 2 is 1.92 bits per heavy atom. The van der Waals surface area contributed by atoms with Gasteiger partial charge in [0.1, 0.15) is 0 Å². The highest BCUT2D eigenvalue weighted by atomic mass is 127. The average Bonchev–Trinajstić information content (AvgIpc) is 2.57. The topological polar surface area (TPSA) is 66.0 Å². The molecular formula is C18H37IN4O2. The first-order chi connectivity index (χ1) is 11.7. The molecule has 6 nitrogen and oxygen atoms in total. The third-order valence-electron chi connectivity index (χ3n) is 4.28. The first kappa shape index (κ1) is 24.4. The van der Waals surface area contributed by atoms with Crippen molar-refractivity contribution in [3.05, 3.63) is 0 Å². The number of hydrogen-bond acceptors (Lipinski definition) is 4. The molecule has 1 rings (SSSR count). The lowest BCUT2D eigenvalue weighted by molar-refractivity contribution is -0.143. The molecule has 0 aromatic heterocycles. The highest BCUT2D eigenvalue weighted by Gasteiger charge is 2.14. The van der Waals surface area contributed by atoms with Crippen molar-refractivity contribution in [2.24, 2.45) is 10.9 Å². The SMILES string of the molecule is CCNC(=NCCCC(=O)OCC)NCCCN1CCC(C)CC1.I. The number of nitrogens with zero attached hydrogens (tertiary/aromatic N) is 2. The van der Waals surface area contributed by atoms with E-state index in [1.165, 1.54) is 25.9 Å². The van der Waals surface area contributed by atoms with Crippen LogP contribution in [0.2, 0.25) is 0 Å². The second kappa shape index (κ2) is 15.7. The molecule has 0 unspecified atom stereocenters. The van der Waals surface area contributed by atoms with Crippen LogP contribution in [-0.4, -0.2) is 62.7 Å². The second-order valence-corrected chi connectivity index (χ2v) is 6.47. The van der Waals surface area contributed by atoms with Crippen LogP contribution in [0, 0.1) is 5.92 Å². The Bertz CT molecular complexity index is 372. The van der Waals surface area contributed by atoms with Gasteiger partial charge in [-0.15, -0.1) is 24.0 Å². The number of aliphatic imine (C=N–C) groups is 1. The zero-order valence-electron chi connectivity index (χ0n) is 16.2. The summed E-state index contributed by atoms with van der Waals surface area (Å²) >= 11 is 0. The molecule has 0 atom stereocenters. The van der Waals surface area contributed by atoms with Crippen LogP contribution < -0.4 is 10.6 Å². The van der Waals surface area contributed by atoms with Gasteiger partial charge in [-0.05, 0) is 65.1 Å². The van der Waals surface area contributed by atoms with E-state index in [2.05, 4.69) is 34.4 Å². The predicted octanol–water partition coefficient (Wildman–Crippen LogP) is 2.62. The van der Waals surface area contributed by atoms with Crippen LogP contribution in [0.25, 0.3) is 0 Å². The van der Waals surface area contributed by atoms with Crippen molar-refractivity contribution in [3.63, 3.8) is 0 Å². The maximum Gasteiger partial charge on any atom is 0.305 e. The molecule has 148 valence electrons. The standard InChI is InChI=1S/C18H36N4O2.HI/c1-4-19-18(20-11-6-8-17(23)24-5-2)21-12-7-13-22-14-9-16(3)10-15-22;/h16H,4-15H2,1-3H3,(H2,19,20,21);1H. The minimum atomic E-state index is -0.137. The third-order valence-corrected chi connectivity index (χ3v) is 4.28. The summed E-state index contributed by atoms with van der Waals surface area (Å²) in [6.45, 7) is 12.7. The molecule has 0 bridgehead atoms. The van der Waals surface area contributed by atoms with Gasteiger partial charge in [0.2, 0.25) is 0 Å². The van der Waals surface area contributed by atoms with Crippen molar-refractivity contribution in [3.8, 4) is 0 Å². The molecule has 1 saturated heterocycles. The summed E-state index contributed by atoms with van der Waals surface area (Å²) in [6.07, 6.45) is 4.95. The van der Waals surface area contributed by atoms with Gasteiger partial charge in [0.15, 0.2) is 5.96 Å². The molecule has 1 heterocycles. The van der Waals surface area contributed by atoms with Gasteiger partial charge in [0, 0.05) is 26.1 Å². The molecule has 0 spiro atoms. The van der Waals surface area contributed by atoms with E-state index in [1.54, 1.807) is 0 Å². The van der Waals surface area contributed by atoms with E-state index in [1.807, 2.05) is 6.92 Å². The van der Waals surface area contributed by atoms with Crippen molar-refractivity contribution < 1.29 is 9.53 Å². The first-order valence-electron chi connectivity index (χ1n) is 9.55. The zero-order valence-corrected chi connectivity index (χ0v) is 18.5. The maximum absolute atomic E-state index is 11.3. The lowest BCUT2D eigenvalue weighted by atomic mass is 9.99. The molecule has 1 aliphatic heterocycles. The average molecular weight is 468 g/mol. The number of piperidine rings is 1. The molecule has 0 radical (unpaired) electrons. The van der Waals surface area contributed by atoms with E-state index >= 15 is 0 Å². The maximum atomic E-state index is 11.3. The molecule has 1 fully saturated rings. The molecule has 2 N–H and O–H groups in total. The second-order valence-electron chi connectivity index (χ2n) is 6.47. The lowest BCUT2D eigenvalue weighted by Gasteiger charge is -2.30. The fourth-order valence-electron chi connectivity index (χ4n) is 2.78. The highest BCUT2D eigenvalue weighted by molar-refractivity contribution is 14.0. The Morgan fingerprint density at radius 1 is 1.20 bits per heavy atom. The van der Waals surface area contributed by atoms with Crippen LogP contribution in [-0.2, 0) is 9.53 Å². The summed E-state index contributed by atoms with van der Waals surface area (Å²) in [5.74, 6) is 1.59. The predicted molar refractivity (Wildman–Crippen MR) is 115 cm³/mol. The molecular weight excluding hydrogens is 431 g/mol. The molecule has 1 aliphatic rings. The van der Waals surface area contributed by atoms with Gasteiger partial charge in [0.25, 0.3) is 0 Å². The minimum Gasteiger partial charge on any atom is -0.466 e. The van der Waals surface area contributed by atoms with Crippen LogP contribution >= 0.6 is 24.0 Å². The van der Waals surface area contributed by atoms with Crippen molar-refractivity contribution >= 4 is 35.9 Å². The molecule has 0 aliphatic carbocycles. The fourth-order valence-corrected chi connectivity index (χ4v) is 2.78. The number of likely N-dealkylation sites (tertiary alicyclic amines) is 1. The molecule has 7 heteroatoms. The van der Waals surface area contributed by atoms with Crippen LogP contribution in [0.3, 0.4) is 0 Å². The van der Waals surface area contributed by atoms with Crippen molar-refractivity contribution in [2.75, 3.05) is 45.9 Å². The molecule has 25 heavy (non-hydrogen) atoms. The fraction of sp³-hybridized carbons (Fsp3) is 0.889. The zero-order chi connectivity index (χ0) is 17.6. The number of rotatable bonds is 10. The van der Waals surface area contributed by atoms with Crippen molar-refractivity contribution in [2.45, 2.75) is 52.9 Å². The number of esters is 1. The van der Waals surface area contributed by atoms with Gasteiger partial charge in [-0.3, -0.25) is 9.79 Å². The molecule has 0 aromatic carbocycles. The van der Waals surface area contributed by atoms with E-state index < -0.39 is 0 Å². The van der Waals surface area contributed by atoms with Crippen LogP contribution in [0.4, 0.5) is 0 Å². The third kappa shape index (κ3) is 12.4. The van der Waals surface area contributed by atoms with Crippen LogP contribution in [0.5, 0.6) is 0 Å². The number of carbonyl (C=O) groups is 1. The molecule has 0 aromatic rings. The summed E-state index contributed by atoms with van der Waals surface area (Å²) in [5, 5.41) is 6.63. The Hall–Kier alpha value is -0.570.